The summed E-state index contributed by atoms with van der Waals surface area (Å²) in [6.45, 7) is 6.78. The molecule has 4 aromatic rings. The smallest absolute Gasteiger partial charge is 0.255 e. The van der Waals surface area contributed by atoms with E-state index < -0.39 is 6.04 Å². The number of benzene rings is 3. The van der Waals surface area contributed by atoms with Crippen LogP contribution in [0.2, 0.25) is 0 Å². The zero-order valence-corrected chi connectivity index (χ0v) is 26.9. The lowest BCUT2D eigenvalue weighted by atomic mass is 9.94. The van der Waals surface area contributed by atoms with Gasteiger partial charge in [-0.25, -0.2) is 4.68 Å². The van der Waals surface area contributed by atoms with Crippen molar-refractivity contribution < 1.29 is 19.0 Å². The van der Waals surface area contributed by atoms with Crippen LogP contribution >= 0.6 is 27.7 Å². The number of thioether (sulfide) groups is 1. The topological polar surface area (TPSA) is 99.5 Å². The molecule has 2 heterocycles. The maximum Gasteiger partial charge on any atom is 0.255 e. The average molecular weight is 665 g/mol. The third-order valence-corrected chi connectivity index (χ3v) is 8.14. The molecule has 1 aromatic heterocycles. The second kappa shape index (κ2) is 14.0. The van der Waals surface area contributed by atoms with Gasteiger partial charge in [-0.05, 0) is 70.9 Å². The first-order chi connectivity index (χ1) is 20.9. The molecule has 0 radical (unpaired) electrons. The lowest BCUT2D eigenvalue weighted by Gasteiger charge is -2.29. The molecule has 1 atom stereocenters. The quantitative estimate of drug-likeness (QED) is 0.155. The van der Waals surface area contributed by atoms with Gasteiger partial charge in [0.25, 0.3) is 5.91 Å². The van der Waals surface area contributed by atoms with Gasteiger partial charge in [-0.3, -0.25) is 4.79 Å². The summed E-state index contributed by atoms with van der Waals surface area (Å²) in [5, 5.41) is 11.8. The van der Waals surface area contributed by atoms with Crippen LogP contribution in [0.1, 0.15) is 37.9 Å². The molecule has 0 fully saturated rings. The van der Waals surface area contributed by atoms with Crippen LogP contribution in [-0.4, -0.2) is 46.7 Å². The van der Waals surface area contributed by atoms with Crippen LogP contribution in [0.3, 0.4) is 0 Å². The van der Waals surface area contributed by atoms with Crippen LogP contribution in [0.4, 0.5) is 11.6 Å². The summed E-state index contributed by atoms with van der Waals surface area (Å²) < 4.78 is 20.2. The van der Waals surface area contributed by atoms with Crippen molar-refractivity contribution in [3.8, 4) is 17.2 Å². The van der Waals surface area contributed by atoms with Gasteiger partial charge >= 0.3 is 0 Å². The molecule has 0 saturated carbocycles. The first-order valence-corrected chi connectivity index (χ1v) is 15.9. The Labute approximate surface area is 264 Å². The highest BCUT2D eigenvalue weighted by Gasteiger charge is 2.35. The summed E-state index contributed by atoms with van der Waals surface area (Å²) in [6.07, 6.45) is 0.752. The number of carbonyl (C=O) groups excluding carboxylic acids is 1. The van der Waals surface area contributed by atoms with Gasteiger partial charge in [0.15, 0.2) is 11.5 Å². The monoisotopic (exact) mass is 663 g/mol. The van der Waals surface area contributed by atoms with E-state index in [0.717, 1.165) is 17.7 Å². The number of methoxy groups -OCH3 is 1. The Morgan fingerprint density at radius 1 is 1.07 bits per heavy atom. The molecule has 0 aliphatic carbocycles. The molecule has 0 spiro atoms. The Hall–Kier alpha value is -3.96. The molecule has 1 aliphatic rings. The number of rotatable bonds is 12. The van der Waals surface area contributed by atoms with Crippen LogP contribution < -0.4 is 24.8 Å². The van der Waals surface area contributed by atoms with Crippen molar-refractivity contribution in [1.29, 1.82) is 0 Å². The van der Waals surface area contributed by atoms with Crippen LogP contribution in [0.15, 0.2) is 87.6 Å². The molecule has 0 bridgehead atoms. The fourth-order valence-electron chi connectivity index (χ4n) is 4.92. The van der Waals surface area contributed by atoms with Crippen LogP contribution in [0.5, 0.6) is 17.2 Å². The fourth-order valence-corrected chi connectivity index (χ4v) is 6.05. The van der Waals surface area contributed by atoms with Gasteiger partial charge in [0.1, 0.15) is 11.8 Å². The van der Waals surface area contributed by atoms with E-state index in [-0.39, 0.29) is 5.91 Å². The van der Waals surface area contributed by atoms with E-state index in [2.05, 4.69) is 43.7 Å². The molecule has 1 aliphatic heterocycles. The van der Waals surface area contributed by atoms with E-state index in [4.69, 9.17) is 19.3 Å². The third-order valence-electron chi connectivity index (χ3n) is 6.83. The Balaban J connectivity index is 1.52. The minimum atomic E-state index is -0.599. The lowest BCUT2D eigenvalue weighted by Crippen LogP contribution is -2.31. The van der Waals surface area contributed by atoms with E-state index in [1.807, 2.05) is 75.4 Å². The number of para-hydroxylation sites is 2. The largest absolute Gasteiger partial charge is 0.493 e. The maximum absolute atomic E-state index is 14.0. The number of hydrogen-bond acceptors (Lipinski definition) is 8. The summed E-state index contributed by atoms with van der Waals surface area (Å²) >= 11 is 5.25. The number of halogens is 1. The second-order valence-electron chi connectivity index (χ2n) is 9.66. The minimum Gasteiger partial charge on any atom is -0.493 e. The van der Waals surface area contributed by atoms with Crippen molar-refractivity contribution in [2.75, 3.05) is 36.7 Å². The zero-order chi connectivity index (χ0) is 30.3. The highest BCUT2D eigenvalue weighted by atomic mass is 79.9. The number of carbonyl (C=O) groups is 1. The van der Waals surface area contributed by atoms with Crippen molar-refractivity contribution in [2.45, 2.75) is 38.4 Å². The van der Waals surface area contributed by atoms with Gasteiger partial charge in [0.05, 0.1) is 36.1 Å². The van der Waals surface area contributed by atoms with Crippen molar-refractivity contribution in [3.63, 3.8) is 0 Å². The molecule has 2 N–H and O–H groups in total. The molecule has 224 valence electrons. The number of allylic oxidation sites excluding steroid dienone is 1. The molecule has 11 heteroatoms. The Morgan fingerprint density at radius 3 is 2.58 bits per heavy atom. The molecule has 0 saturated heterocycles. The highest BCUT2D eigenvalue weighted by molar-refractivity contribution is 9.10. The van der Waals surface area contributed by atoms with Crippen LogP contribution in [0, 0.1) is 0 Å². The number of amides is 1. The SMILES string of the molecule is CCOc1ccccc1NC(=O)C1=C(C)Nc2nc(SCC)nn2C1c1cc(Br)c(OCCc2ccccc2)c(OC)c1. The first kappa shape index (κ1) is 30.5. The van der Waals surface area contributed by atoms with Gasteiger partial charge in [-0.1, -0.05) is 61.2 Å². The van der Waals surface area contributed by atoms with Gasteiger partial charge in [0, 0.05) is 12.1 Å². The Bertz CT molecular complexity index is 1630. The number of nitrogens with zero attached hydrogens (tertiary/aromatic N) is 3. The molecular formula is C32H34BrN5O4S. The Kier molecular flexibility index (Phi) is 9.93. The zero-order valence-electron chi connectivity index (χ0n) is 24.5. The van der Waals surface area contributed by atoms with Gasteiger partial charge in [-0.2, -0.15) is 4.98 Å². The van der Waals surface area contributed by atoms with E-state index in [9.17, 15) is 4.79 Å². The van der Waals surface area contributed by atoms with E-state index in [0.29, 0.717) is 63.0 Å². The fraction of sp³-hybridized carbons (Fsp3) is 0.281. The number of aromatic nitrogens is 3. The maximum atomic E-state index is 14.0. The van der Waals surface area contributed by atoms with Crippen molar-refractivity contribution in [1.82, 2.24) is 14.8 Å². The molecule has 1 amide bonds. The summed E-state index contributed by atoms with van der Waals surface area (Å²) in [4.78, 5) is 18.7. The van der Waals surface area contributed by atoms with Crippen molar-refractivity contribution in [2.24, 2.45) is 0 Å². The number of ether oxygens (including phenoxy) is 3. The van der Waals surface area contributed by atoms with Crippen LogP contribution in [-0.2, 0) is 11.2 Å². The lowest BCUT2D eigenvalue weighted by molar-refractivity contribution is -0.113. The van der Waals surface area contributed by atoms with Crippen molar-refractivity contribution >= 4 is 45.2 Å². The summed E-state index contributed by atoms with van der Waals surface area (Å²) in [5.74, 6) is 2.82. The second-order valence-corrected chi connectivity index (χ2v) is 11.7. The standard InChI is InChI=1S/C32H34BrN5O4S/c1-5-41-25-15-11-10-14-24(25)35-30(39)27-20(3)34-31-36-32(43-6-2)37-38(31)28(27)22-18-23(33)29(26(19-22)40-4)42-17-16-21-12-8-7-9-13-21/h7-15,18-19,28H,5-6,16-17H2,1-4H3,(H,35,39)(H,34,36,37). The highest BCUT2D eigenvalue weighted by Crippen LogP contribution is 2.43. The number of hydrogen-bond donors (Lipinski definition) is 2. The summed E-state index contributed by atoms with van der Waals surface area (Å²) in [6, 6.07) is 20.8. The number of nitrogens with one attached hydrogen (secondary N) is 2. The normalized spacial score (nSPS) is 14.1. The predicted molar refractivity (Wildman–Crippen MR) is 173 cm³/mol. The van der Waals surface area contributed by atoms with Gasteiger partial charge in [-0.15, -0.1) is 5.10 Å². The van der Waals surface area contributed by atoms with E-state index >= 15 is 0 Å². The van der Waals surface area contributed by atoms with Gasteiger partial charge < -0.3 is 24.8 Å². The molecule has 43 heavy (non-hydrogen) atoms. The first-order valence-electron chi connectivity index (χ1n) is 14.1. The summed E-state index contributed by atoms with van der Waals surface area (Å²) in [5.41, 5.74) is 3.71. The molecule has 9 nitrogen and oxygen atoms in total. The van der Waals surface area contributed by atoms with E-state index in [1.165, 1.54) is 17.3 Å². The number of fused-ring (bicyclic) bond motifs is 1. The average Bonchev–Trinajstić information content (AvgIpc) is 3.40. The third kappa shape index (κ3) is 6.83. The molecule has 1 unspecified atom stereocenters. The molecule has 3 aromatic carbocycles. The van der Waals surface area contributed by atoms with Crippen LogP contribution in [0.25, 0.3) is 0 Å². The van der Waals surface area contributed by atoms with Gasteiger partial charge in [0.2, 0.25) is 11.1 Å². The van der Waals surface area contributed by atoms with Crippen molar-refractivity contribution in [3.05, 3.63) is 93.6 Å². The Morgan fingerprint density at radius 2 is 1.84 bits per heavy atom. The molecular weight excluding hydrogens is 630 g/mol. The molecule has 5 rings (SSSR count). The predicted octanol–water partition coefficient (Wildman–Crippen LogP) is 7.11. The summed E-state index contributed by atoms with van der Waals surface area (Å²) in [7, 11) is 1.61. The number of anilines is 2. The van der Waals surface area contributed by atoms with E-state index in [1.54, 1.807) is 11.8 Å². The minimum absolute atomic E-state index is 0.286.